The number of rotatable bonds is 8. The molecule has 2 aromatic heterocycles. The third kappa shape index (κ3) is 4.44. The van der Waals surface area contributed by atoms with Crippen LogP contribution in [-0.4, -0.2) is 27.1 Å². The van der Waals surface area contributed by atoms with E-state index in [4.69, 9.17) is 0 Å². The second-order valence-corrected chi connectivity index (χ2v) is 6.77. The number of thiophene rings is 1. The van der Waals surface area contributed by atoms with Crippen LogP contribution in [0.4, 0.5) is 0 Å². The Morgan fingerprint density at radius 3 is 2.91 bits per heavy atom. The number of unbranched alkanes of at least 4 members (excludes halogenated alkanes) is 1. The molecule has 2 heterocycles. The highest BCUT2D eigenvalue weighted by atomic mass is 32.1. The van der Waals surface area contributed by atoms with E-state index in [0.717, 1.165) is 25.9 Å². The van der Waals surface area contributed by atoms with Crippen molar-refractivity contribution in [3.8, 4) is 0 Å². The molecule has 0 unspecified atom stereocenters. The highest BCUT2D eigenvalue weighted by Gasteiger charge is 2.21. The molecule has 0 spiro atoms. The summed E-state index contributed by atoms with van der Waals surface area (Å²) < 4.78 is 1.83. The summed E-state index contributed by atoms with van der Waals surface area (Å²) >= 11 is 1.73. The molecule has 0 bridgehead atoms. The maximum absolute atomic E-state index is 12.8. The van der Waals surface area contributed by atoms with Crippen LogP contribution >= 0.6 is 11.3 Å². The molecule has 4 nitrogen and oxygen atoms in total. The van der Waals surface area contributed by atoms with Crippen molar-refractivity contribution in [2.45, 2.75) is 46.7 Å². The fourth-order valence-corrected chi connectivity index (χ4v) is 3.36. The zero-order valence-electron chi connectivity index (χ0n) is 13.7. The number of carbonyl (C=O) groups excluding carboxylic acids is 1. The van der Waals surface area contributed by atoms with Crippen molar-refractivity contribution in [3.63, 3.8) is 0 Å². The fraction of sp³-hybridized carbons (Fsp3) is 0.529. The maximum Gasteiger partial charge on any atom is 0.227 e. The van der Waals surface area contributed by atoms with Crippen LogP contribution in [0.3, 0.4) is 0 Å². The van der Waals surface area contributed by atoms with E-state index in [-0.39, 0.29) is 11.8 Å². The molecule has 0 aliphatic carbocycles. The van der Waals surface area contributed by atoms with Gasteiger partial charge in [0.15, 0.2) is 0 Å². The third-order valence-electron chi connectivity index (χ3n) is 3.84. The normalized spacial score (nSPS) is 12.3. The van der Waals surface area contributed by atoms with E-state index in [1.165, 1.54) is 10.4 Å². The SMILES string of the molecule is CCCCN(Cc1sccc1C)C(=O)[C@@H](C)Cn1cccn1. The van der Waals surface area contributed by atoms with E-state index in [9.17, 15) is 4.79 Å². The van der Waals surface area contributed by atoms with Crippen molar-refractivity contribution in [1.82, 2.24) is 14.7 Å². The first kappa shape index (κ1) is 16.7. The van der Waals surface area contributed by atoms with Gasteiger partial charge in [-0.3, -0.25) is 9.48 Å². The first-order chi connectivity index (χ1) is 10.6. The number of nitrogens with zero attached hydrogens (tertiary/aromatic N) is 3. The van der Waals surface area contributed by atoms with Gasteiger partial charge < -0.3 is 4.90 Å². The lowest BCUT2D eigenvalue weighted by Gasteiger charge is -2.26. The lowest BCUT2D eigenvalue weighted by Crippen LogP contribution is -2.37. The molecule has 0 saturated carbocycles. The van der Waals surface area contributed by atoms with Gasteiger partial charge in [-0.05, 0) is 36.4 Å². The minimum atomic E-state index is -0.0583. The van der Waals surface area contributed by atoms with Gasteiger partial charge in [0.1, 0.15) is 0 Å². The Morgan fingerprint density at radius 2 is 2.32 bits per heavy atom. The summed E-state index contributed by atoms with van der Waals surface area (Å²) in [7, 11) is 0. The monoisotopic (exact) mass is 319 g/mol. The first-order valence-corrected chi connectivity index (χ1v) is 8.79. The zero-order valence-corrected chi connectivity index (χ0v) is 14.5. The molecule has 0 saturated heterocycles. The Labute approximate surface area is 136 Å². The summed E-state index contributed by atoms with van der Waals surface area (Å²) in [5, 5.41) is 6.30. The van der Waals surface area contributed by atoms with Gasteiger partial charge >= 0.3 is 0 Å². The molecular weight excluding hydrogens is 294 g/mol. The lowest BCUT2D eigenvalue weighted by molar-refractivity contribution is -0.136. The summed E-state index contributed by atoms with van der Waals surface area (Å²) in [6.45, 7) is 8.46. The van der Waals surface area contributed by atoms with E-state index >= 15 is 0 Å². The highest BCUT2D eigenvalue weighted by molar-refractivity contribution is 7.10. The van der Waals surface area contributed by atoms with Crippen LogP contribution < -0.4 is 0 Å². The van der Waals surface area contributed by atoms with Gasteiger partial charge in [-0.15, -0.1) is 11.3 Å². The Balaban J connectivity index is 2.03. The van der Waals surface area contributed by atoms with Crippen molar-refractivity contribution in [2.24, 2.45) is 5.92 Å². The van der Waals surface area contributed by atoms with Gasteiger partial charge in [-0.2, -0.15) is 5.10 Å². The summed E-state index contributed by atoms with van der Waals surface area (Å²) in [5.74, 6) is 0.161. The molecule has 0 radical (unpaired) electrons. The Bertz CT molecular complexity index is 577. The largest absolute Gasteiger partial charge is 0.337 e. The molecule has 0 fully saturated rings. The average molecular weight is 319 g/mol. The van der Waals surface area contributed by atoms with E-state index in [2.05, 4.69) is 30.4 Å². The molecule has 1 amide bonds. The predicted molar refractivity (Wildman–Crippen MR) is 90.8 cm³/mol. The van der Waals surface area contributed by atoms with Crippen molar-refractivity contribution in [1.29, 1.82) is 0 Å². The summed E-state index contributed by atoms with van der Waals surface area (Å²) in [4.78, 5) is 16.1. The van der Waals surface area contributed by atoms with E-state index in [1.54, 1.807) is 17.5 Å². The van der Waals surface area contributed by atoms with Crippen LogP contribution in [0.2, 0.25) is 0 Å². The van der Waals surface area contributed by atoms with Crippen LogP contribution in [0, 0.1) is 12.8 Å². The number of aryl methyl sites for hydroxylation is 1. The molecule has 2 aromatic rings. The number of hydrogen-bond donors (Lipinski definition) is 0. The van der Waals surface area contributed by atoms with Crippen LogP contribution in [0.5, 0.6) is 0 Å². The van der Waals surface area contributed by atoms with Crippen LogP contribution in [-0.2, 0) is 17.9 Å². The predicted octanol–water partition coefficient (Wildman–Crippen LogP) is 3.72. The van der Waals surface area contributed by atoms with E-state index in [1.807, 2.05) is 28.8 Å². The van der Waals surface area contributed by atoms with Gasteiger partial charge in [0.2, 0.25) is 5.91 Å². The molecule has 22 heavy (non-hydrogen) atoms. The first-order valence-electron chi connectivity index (χ1n) is 7.91. The molecule has 0 N–H and O–H groups in total. The minimum absolute atomic E-state index is 0.0583. The summed E-state index contributed by atoms with van der Waals surface area (Å²) in [6.07, 6.45) is 5.80. The fourth-order valence-electron chi connectivity index (χ4n) is 2.43. The standard InChI is InChI=1S/C17H25N3OS/c1-4-5-9-19(13-16-14(2)7-11-22-16)17(21)15(3)12-20-10-6-8-18-20/h6-8,10-11,15H,4-5,9,12-13H2,1-3H3/t15-/m0/s1. The molecule has 2 rings (SSSR count). The summed E-state index contributed by atoms with van der Waals surface area (Å²) in [5.41, 5.74) is 1.28. The van der Waals surface area contributed by atoms with Gasteiger partial charge in [0, 0.05) is 23.8 Å². The molecule has 120 valence electrons. The minimum Gasteiger partial charge on any atom is -0.337 e. The Kier molecular flexibility index (Phi) is 6.19. The van der Waals surface area contributed by atoms with Gasteiger partial charge in [0.05, 0.1) is 19.0 Å². The average Bonchev–Trinajstić information content (AvgIpc) is 3.15. The molecule has 1 atom stereocenters. The van der Waals surface area contributed by atoms with Crippen molar-refractivity contribution < 1.29 is 4.79 Å². The third-order valence-corrected chi connectivity index (χ3v) is 4.85. The van der Waals surface area contributed by atoms with Crippen molar-refractivity contribution >= 4 is 17.2 Å². The molecule has 0 aliphatic rings. The van der Waals surface area contributed by atoms with Gasteiger partial charge in [-0.1, -0.05) is 20.3 Å². The lowest BCUT2D eigenvalue weighted by atomic mass is 10.1. The number of hydrogen-bond acceptors (Lipinski definition) is 3. The topological polar surface area (TPSA) is 38.1 Å². The molecule has 5 heteroatoms. The smallest absolute Gasteiger partial charge is 0.227 e. The number of carbonyl (C=O) groups is 1. The second kappa shape index (κ2) is 8.13. The number of aromatic nitrogens is 2. The molecular formula is C17H25N3OS. The quantitative estimate of drug-likeness (QED) is 0.744. The molecule has 0 aliphatic heterocycles. The van der Waals surface area contributed by atoms with Crippen molar-refractivity contribution in [2.75, 3.05) is 6.54 Å². The van der Waals surface area contributed by atoms with Crippen LogP contribution in [0.1, 0.15) is 37.1 Å². The zero-order chi connectivity index (χ0) is 15.9. The summed E-state index contributed by atoms with van der Waals surface area (Å²) in [6, 6.07) is 4.01. The van der Waals surface area contributed by atoms with Crippen LogP contribution in [0.25, 0.3) is 0 Å². The van der Waals surface area contributed by atoms with E-state index < -0.39 is 0 Å². The van der Waals surface area contributed by atoms with Crippen LogP contribution in [0.15, 0.2) is 29.9 Å². The number of amides is 1. The maximum atomic E-state index is 12.8. The second-order valence-electron chi connectivity index (χ2n) is 5.77. The molecule has 0 aromatic carbocycles. The van der Waals surface area contributed by atoms with E-state index in [0.29, 0.717) is 6.54 Å². The van der Waals surface area contributed by atoms with Gasteiger partial charge in [0.25, 0.3) is 0 Å². The van der Waals surface area contributed by atoms with Crippen molar-refractivity contribution in [3.05, 3.63) is 40.3 Å². The van der Waals surface area contributed by atoms with Gasteiger partial charge in [-0.25, -0.2) is 0 Å². The Morgan fingerprint density at radius 1 is 1.50 bits per heavy atom. The highest BCUT2D eigenvalue weighted by Crippen LogP contribution is 2.19. The Hall–Kier alpha value is -1.62.